The van der Waals surface area contributed by atoms with Crippen molar-refractivity contribution >= 4 is 15.9 Å². The van der Waals surface area contributed by atoms with E-state index in [9.17, 15) is 0 Å². The Labute approximate surface area is 83.1 Å². The lowest BCUT2D eigenvalue weighted by Crippen LogP contribution is -1.95. The van der Waals surface area contributed by atoms with Gasteiger partial charge in [0, 0.05) is 4.47 Å². The maximum Gasteiger partial charge on any atom is 0.0180 e. The largest absolute Gasteiger partial charge is 0.0587 e. The van der Waals surface area contributed by atoms with Gasteiger partial charge in [0.1, 0.15) is 0 Å². The SMILES string of the molecule is Cc1cc(Br)cc(C)c1C(C)C. The normalized spacial score (nSPS) is 10.8. The quantitative estimate of drug-likeness (QED) is 0.674. The van der Waals surface area contributed by atoms with Crippen LogP contribution in [0.15, 0.2) is 16.6 Å². The summed E-state index contributed by atoms with van der Waals surface area (Å²) >= 11 is 3.50. The summed E-state index contributed by atoms with van der Waals surface area (Å²) < 4.78 is 1.18. The molecule has 66 valence electrons. The second kappa shape index (κ2) is 3.61. The van der Waals surface area contributed by atoms with Gasteiger partial charge in [-0.05, 0) is 48.6 Å². The van der Waals surface area contributed by atoms with E-state index in [0.29, 0.717) is 5.92 Å². The van der Waals surface area contributed by atoms with E-state index in [4.69, 9.17) is 0 Å². The Kier molecular flexibility index (Phi) is 2.94. The van der Waals surface area contributed by atoms with Crippen molar-refractivity contribution in [3.05, 3.63) is 33.3 Å². The fourth-order valence-electron chi connectivity index (χ4n) is 1.83. The topological polar surface area (TPSA) is 0 Å². The summed E-state index contributed by atoms with van der Waals surface area (Å²) in [6, 6.07) is 4.37. The molecule has 0 heterocycles. The molecule has 0 unspecified atom stereocenters. The van der Waals surface area contributed by atoms with Crippen LogP contribution in [0.3, 0.4) is 0 Å². The molecule has 0 saturated heterocycles. The van der Waals surface area contributed by atoms with E-state index in [1.807, 2.05) is 0 Å². The molecule has 0 aliphatic carbocycles. The molecule has 12 heavy (non-hydrogen) atoms. The van der Waals surface area contributed by atoms with Crippen molar-refractivity contribution in [2.24, 2.45) is 0 Å². The molecule has 0 nitrogen and oxygen atoms in total. The molecule has 1 rings (SSSR count). The molecule has 0 aliphatic rings. The van der Waals surface area contributed by atoms with Gasteiger partial charge in [0.25, 0.3) is 0 Å². The third-order valence-corrected chi connectivity index (χ3v) is 2.59. The van der Waals surface area contributed by atoms with Crippen LogP contribution in [0.1, 0.15) is 36.5 Å². The van der Waals surface area contributed by atoms with Crippen molar-refractivity contribution in [1.29, 1.82) is 0 Å². The Morgan fingerprint density at radius 1 is 1.08 bits per heavy atom. The Morgan fingerprint density at radius 2 is 1.50 bits per heavy atom. The average Bonchev–Trinajstić information content (AvgIpc) is 1.82. The zero-order valence-corrected chi connectivity index (χ0v) is 9.70. The lowest BCUT2D eigenvalue weighted by atomic mass is 9.94. The van der Waals surface area contributed by atoms with Gasteiger partial charge in [0.2, 0.25) is 0 Å². The first-order valence-electron chi connectivity index (χ1n) is 4.29. The van der Waals surface area contributed by atoms with Crippen LogP contribution in [0, 0.1) is 13.8 Å². The van der Waals surface area contributed by atoms with E-state index < -0.39 is 0 Å². The van der Waals surface area contributed by atoms with E-state index >= 15 is 0 Å². The highest BCUT2D eigenvalue weighted by Crippen LogP contribution is 2.26. The van der Waals surface area contributed by atoms with Gasteiger partial charge in [0.15, 0.2) is 0 Å². The fraction of sp³-hybridized carbons (Fsp3) is 0.455. The number of rotatable bonds is 1. The second-order valence-electron chi connectivity index (χ2n) is 3.61. The zero-order valence-electron chi connectivity index (χ0n) is 8.11. The Morgan fingerprint density at radius 3 is 1.83 bits per heavy atom. The lowest BCUT2D eigenvalue weighted by Gasteiger charge is -2.13. The smallest absolute Gasteiger partial charge is 0.0180 e. The zero-order chi connectivity index (χ0) is 9.30. The summed E-state index contributed by atoms with van der Waals surface area (Å²) in [5.74, 6) is 0.623. The van der Waals surface area contributed by atoms with E-state index in [-0.39, 0.29) is 0 Å². The predicted octanol–water partition coefficient (Wildman–Crippen LogP) is 4.19. The number of aryl methyl sites for hydroxylation is 2. The van der Waals surface area contributed by atoms with Gasteiger partial charge in [-0.1, -0.05) is 29.8 Å². The van der Waals surface area contributed by atoms with E-state index in [1.165, 1.54) is 21.2 Å². The van der Waals surface area contributed by atoms with Crippen LogP contribution in [0.4, 0.5) is 0 Å². The van der Waals surface area contributed by atoms with Crippen LogP contribution in [0.25, 0.3) is 0 Å². The molecule has 0 radical (unpaired) electrons. The van der Waals surface area contributed by atoms with Crippen molar-refractivity contribution in [1.82, 2.24) is 0 Å². The van der Waals surface area contributed by atoms with E-state index in [0.717, 1.165) is 0 Å². The molecule has 0 amide bonds. The van der Waals surface area contributed by atoms with Crippen molar-refractivity contribution in [2.75, 3.05) is 0 Å². The number of halogens is 1. The highest BCUT2D eigenvalue weighted by Gasteiger charge is 2.07. The van der Waals surface area contributed by atoms with Crippen LogP contribution in [-0.2, 0) is 0 Å². The molecule has 1 aromatic rings. The minimum Gasteiger partial charge on any atom is -0.0587 e. The Hall–Kier alpha value is -0.300. The number of hydrogen-bond acceptors (Lipinski definition) is 0. The molecule has 0 atom stereocenters. The highest BCUT2D eigenvalue weighted by molar-refractivity contribution is 9.10. The molecule has 0 saturated carbocycles. The van der Waals surface area contributed by atoms with Gasteiger partial charge in [-0.25, -0.2) is 0 Å². The molecule has 0 aliphatic heterocycles. The van der Waals surface area contributed by atoms with Gasteiger partial charge in [-0.3, -0.25) is 0 Å². The molecule has 0 spiro atoms. The molecule has 0 N–H and O–H groups in total. The maximum atomic E-state index is 3.50. The summed E-state index contributed by atoms with van der Waals surface area (Å²) in [5.41, 5.74) is 4.26. The Balaban J connectivity index is 3.28. The van der Waals surface area contributed by atoms with Crippen LogP contribution in [0.5, 0.6) is 0 Å². The summed E-state index contributed by atoms with van der Waals surface area (Å²) in [5, 5.41) is 0. The van der Waals surface area contributed by atoms with Gasteiger partial charge in [0.05, 0.1) is 0 Å². The number of benzene rings is 1. The van der Waals surface area contributed by atoms with Crippen LogP contribution in [-0.4, -0.2) is 0 Å². The van der Waals surface area contributed by atoms with Crippen molar-refractivity contribution < 1.29 is 0 Å². The Bertz CT molecular complexity index is 264. The molecule has 0 bridgehead atoms. The molecular formula is C11H15Br. The highest BCUT2D eigenvalue weighted by atomic mass is 79.9. The summed E-state index contributed by atoms with van der Waals surface area (Å²) in [4.78, 5) is 0. The van der Waals surface area contributed by atoms with E-state index in [2.05, 4.69) is 55.8 Å². The second-order valence-corrected chi connectivity index (χ2v) is 4.52. The maximum absolute atomic E-state index is 3.50. The van der Waals surface area contributed by atoms with Crippen molar-refractivity contribution in [2.45, 2.75) is 33.6 Å². The minimum absolute atomic E-state index is 0.623. The predicted molar refractivity (Wildman–Crippen MR) is 57.7 cm³/mol. The van der Waals surface area contributed by atoms with Crippen LogP contribution >= 0.6 is 15.9 Å². The molecular weight excluding hydrogens is 212 g/mol. The monoisotopic (exact) mass is 226 g/mol. The van der Waals surface area contributed by atoms with Gasteiger partial charge in [-0.15, -0.1) is 0 Å². The first kappa shape index (κ1) is 9.79. The first-order chi connectivity index (χ1) is 5.52. The molecule has 0 aromatic heterocycles. The number of hydrogen-bond donors (Lipinski definition) is 0. The third kappa shape index (κ3) is 1.89. The fourth-order valence-corrected chi connectivity index (χ4v) is 2.52. The van der Waals surface area contributed by atoms with Crippen molar-refractivity contribution in [3.63, 3.8) is 0 Å². The summed E-state index contributed by atoms with van der Waals surface area (Å²) in [6.45, 7) is 8.83. The van der Waals surface area contributed by atoms with Crippen LogP contribution < -0.4 is 0 Å². The third-order valence-electron chi connectivity index (χ3n) is 2.14. The van der Waals surface area contributed by atoms with Crippen molar-refractivity contribution in [3.8, 4) is 0 Å². The summed E-state index contributed by atoms with van der Waals surface area (Å²) in [6.07, 6.45) is 0. The average molecular weight is 227 g/mol. The van der Waals surface area contributed by atoms with Crippen LogP contribution in [0.2, 0.25) is 0 Å². The lowest BCUT2D eigenvalue weighted by molar-refractivity contribution is 0.845. The standard InChI is InChI=1S/C11H15Br/c1-7(2)11-8(3)5-10(12)6-9(11)4/h5-7H,1-4H3. The molecule has 1 heteroatoms. The van der Waals surface area contributed by atoms with Gasteiger partial charge >= 0.3 is 0 Å². The molecule has 0 fully saturated rings. The summed E-state index contributed by atoms with van der Waals surface area (Å²) in [7, 11) is 0. The first-order valence-corrected chi connectivity index (χ1v) is 5.08. The molecule has 1 aromatic carbocycles. The minimum atomic E-state index is 0.623. The van der Waals surface area contributed by atoms with E-state index in [1.54, 1.807) is 0 Å². The van der Waals surface area contributed by atoms with Gasteiger partial charge < -0.3 is 0 Å². The van der Waals surface area contributed by atoms with Gasteiger partial charge in [-0.2, -0.15) is 0 Å².